The Morgan fingerprint density at radius 1 is 1.28 bits per heavy atom. The number of hydrogen-bond acceptors (Lipinski definition) is 6. The van der Waals surface area contributed by atoms with E-state index in [9.17, 15) is 19.2 Å². The lowest BCUT2D eigenvalue weighted by molar-refractivity contribution is -0.158. The molecule has 2 heterocycles. The molecule has 152 valence electrons. The van der Waals surface area contributed by atoms with Crippen LogP contribution in [0.25, 0.3) is 10.6 Å². The first-order valence-corrected chi connectivity index (χ1v) is 9.84. The number of likely N-dealkylation sites (tertiary alicyclic amines) is 1. The maximum Gasteiger partial charge on any atom is 0.322 e. The second-order valence-electron chi connectivity index (χ2n) is 7.42. The van der Waals surface area contributed by atoms with Crippen LogP contribution in [0.5, 0.6) is 0 Å². The van der Waals surface area contributed by atoms with Gasteiger partial charge in [-0.3, -0.25) is 19.2 Å². The van der Waals surface area contributed by atoms with Crippen molar-refractivity contribution in [1.82, 2.24) is 15.2 Å². The Labute approximate surface area is 171 Å². The van der Waals surface area contributed by atoms with Crippen LogP contribution >= 0.6 is 11.3 Å². The molecular formula is C20H21N3O5S. The minimum absolute atomic E-state index is 0.00818. The molecule has 0 spiro atoms. The van der Waals surface area contributed by atoms with E-state index in [1.54, 1.807) is 20.0 Å². The second-order valence-corrected chi connectivity index (χ2v) is 8.54. The molecule has 1 aliphatic heterocycles. The lowest BCUT2D eigenvalue weighted by Gasteiger charge is -2.43. The van der Waals surface area contributed by atoms with Crippen LogP contribution < -0.4 is 5.32 Å². The number of carbonyl (C=O) groups excluding carboxylic acids is 3. The third-order valence-electron chi connectivity index (χ3n) is 4.74. The summed E-state index contributed by atoms with van der Waals surface area (Å²) in [5, 5.41) is 11.7. The van der Waals surface area contributed by atoms with Crippen molar-refractivity contribution in [3.05, 3.63) is 41.4 Å². The van der Waals surface area contributed by atoms with Gasteiger partial charge in [0.25, 0.3) is 0 Å². The Kier molecular flexibility index (Phi) is 5.78. The number of ketones is 1. The quantitative estimate of drug-likeness (QED) is 0.694. The maximum atomic E-state index is 13.0. The highest BCUT2D eigenvalue weighted by molar-refractivity contribution is 7.15. The van der Waals surface area contributed by atoms with Crippen LogP contribution in [-0.2, 0) is 25.7 Å². The molecule has 1 unspecified atom stereocenters. The SMILES string of the molecule is CC1(C)CC(=O)C(C(=O)NCC(=O)O)C(=O)N1Cc1cnc(-c2ccccc2)s1. The first-order chi connectivity index (χ1) is 13.7. The van der Waals surface area contributed by atoms with Gasteiger partial charge < -0.3 is 15.3 Å². The second kappa shape index (κ2) is 8.12. The molecule has 0 bridgehead atoms. The van der Waals surface area contributed by atoms with E-state index >= 15 is 0 Å². The molecule has 0 aliphatic carbocycles. The molecule has 0 radical (unpaired) electrons. The van der Waals surface area contributed by atoms with Crippen molar-refractivity contribution in [2.75, 3.05) is 6.54 Å². The summed E-state index contributed by atoms with van der Waals surface area (Å²) in [5.41, 5.74) is 0.198. The van der Waals surface area contributed by atoms with Crippen LogP contribution in [0.15, 0.2) is 36.5 Å². The van der Waals surface area contributed by atoms with E-state index < -0.39 is 41.6 Å². The summed E-state index contributed by atoms with van der Waals surface area (Å²) < 4.78 is 0. The Bertz CT molecular complexity index is 954. The van der Waals surface area contributed by atoms with Crippen LogP contribution in [0.1, 0.15) is 25.1 Å². The van der Waals surface area contributed by atoms with E-state index in [2.05, 4.69) is 10.3 Å². The highest BCUT2D eigenvalue weighted by Crippen LogP contribution is 2.33. The topological polar surface area (TPSA) is 117 Å². The molecule has 8 nitrogen and oxygen atoms in total. The van der Waals surface area contributed by atoms with Crippen molar-refractivity contribution in [3.8, 4) is 10.6 Å². The van der Waals surface area contributed by atoms with Gasteiger partial charge in [-0.2, -0.15) is 0 Å². The van der Waals surface area contributed by atoms with Gasteiger partial charge >= 0.3 is 5.97 Å². The van der Waals surface area contributed by atoms with E-state index in [0.29, 0.717) is 0 Å². The smallest absolute Gasteiger partial charge is 0.322 e. The number of carboxylic acid groups (broad SMARTS) is 1. The van der Waals surface area contributed by atoms with Crippen molar-refractivity contribution < 1.29 is 24.3 Å². The fourth-order valence-electron chi connectivity index (χ4n) is 3.28. The summed E-state index contributed by atoms with van der Waals surface area (Å²) in [6.45, 7) is 3.11. The minimum atomic E-state index is -1.52. The molecule has 1 fully saturated rings. The fourth-order valence-corrected chi connectivity index (χ4v) is 4.19. The predicted octanol–water partition coefficient (Wildman–Crippen LogP) is 1.71. The summed E-state index contributed by atoms with van der Waals surface area (Å²) >= 11 is 1.44. The van der Waals surface area contributed by atoms with E-state index in [1.165, 1.54) is 16.2 Å². The summed E-state index contributed by atoms with van der Waals surface area (Å²) in [6, 6.07) is 9.64. The molecule has 2 amide bonds. The molecule has 0 saturated carbocycles. The Balaban J connectivity index is 1.80. The lowest BCUT2D eigenvalue weighted by Crippen LogP contribution is -2.60. The zero-order valence-corrected chi connectivity index (χ0v) is 16.9. The molecule has 2 N–H and O–H groups in total. The average Bonchev–Trinajstić information content (AvgIpc) is 3.12. The number of carboxylic acids is 1. The highest BCUT2D eigenvalue weighted by Gasteiger charge is 2.48. The number of aliphatic carboxylic acids is 1. The number of hydrogen-bond donors (Lipinski definition) is 2. The Morgan fingerprint density at radius 3 is 2.62 bits per heavy atom. The van der Waals surface area contributed by atoms with Gasteiger partial charge in [0, 0.05) is 28.6 Å². The van der Waals surface area contributed by atoms with E-state index in [0.717, 1.165) is 15.4 Å². The average molecular weight is 415 g/mol. The zero-order chi connectivity index (χ0) is 21.2. The van der Waals surface area contributed by atoms with Crippen LogP contribution in [0.4, 0.5) is 0 Å². The zero-order valence-electron chi connectivity index (χ0n) is 16.0. The van der Waals surface area contributed by atoms with Crippen molar-refractivity contribution in [1.29, 1.82) is 0 Å². The summed E-state index contributed by atoms with van der Waals surface area (Å²) in [6.07, 6.45) is 1.69. The highest BCUT2D eigenvalue weighted by atomic mass is 32.1. The first kappa shape index (κ1) is 20.7. The van der Waals surface area contributed by atoms with E-state index in [-0.39, 0.29) is 13.0 Å². The largest absolute Gasteiger partial charge is 0.480 e. The van der Waals surface area contributed by atoms with Gasteiger partial charge in [0.15, 0.2) is 11.7 Å². The van der Waals surface area contributed by atoms with Crippen LogP contribution in [-0.4, -0.2) is 50.6 Å². The number of Topliss-reactive ketones (excluding diaryl/α,β-unsaturated/α-hetero) is 1. The van der Waals surface area contributed by atoms with Crippen molar-refractivity contribution in [2.45, 2.75) is 32.4 Å². The molecule has 1 aliphatic rings. The van der Waals surface area contributed by atoms with Crippen LogP contribution in [0.3, 0.4) is 0 Å². The number of nitrogens with zero attached hydrogens (tertiary/aromatic N) is 2. The van der Waals surface area contributed by atoms with Crippen molar-refractivity contribution in [3.63, 3.8) is 0 Å². The molecule has 1 aromatic carbocycles. The Hall–Kier alpha value is -3.07. The third-order valence-corrected chi connectivity index (χ3v) is 5.77. The van der Waals surface area contributed by atoms with E-state index in [4.69, 9.17) is 5.11 Å². The maximum absolute atomic E-state index is 13.0. The number of rotatable bonds is 6. The number of carbonyl (C=O) groups is 4. The normalized spacial score (nSPS) is 18.6. The molecule has 1 atom stereocenters. The number of thiazole rings is 1. The van der Waals surface area contributed by atoms with Crippen molar-refractivity contribution in [2.24, 2.45) is 5.92 Å². The fraction of sp³-hybridized carbons (Fsp3) is 0.350. The monoisotopic (exact) mass is 415 g/mol. The van der Waals surface area contributed by atoms with Crippen molar-refractivity contribution >= 4 is 34.9 Å². The molecule has 29 heavy (non-hydrogen) atoms. The van der Waals surface area contributed by atoms with E-state index in [1.807, 2.05) is 30.3 Å². The first-order valence-electron chi connectivity index (χ1n) is 9.03. The molecule has 1 aromatic heterocycles. The summed E-state index contributed by atoms with van der Waals surface area (Å²) in [4.78, 5) is 55.1. The van der Waals surface area contributed by atoms with Gasteiger partial charge in [0.2, 0.25) is 11.8 Å². The van der Waals surface area contributed by atoms with Gasteiger partial charge in [0.1, 0.15) is 11.6 Å². The number of benzene rings is 1. The van der Waals surface area contributed by atoms with Gasteiger partial charge in [-0.1, -0.05) is 30.3 Å². The predicted molar refractivity (Wildman–Crippen MR) is 106 cm³/mol. The molecule has 1 saturated heterocycles. The number of piperidine rings is 1. The van der Waals surface area contributed by atoms with Gasteiger partial charge in [-0.05, 0) is 13.8 Å². The summed E-state index contributed by atoms with van der Waals surface area (Å²) in [5.74, 6) is -4.78. The van der Waals surface area contributed by atoms with Crippen LogP contribution in [0.2, 0.25) is 0 Å². The molecule has 3 rings (SSSR count). The minimum Gasteiger partial charge on any atom is -0.480 e. The lowest BCUT2D eigenvalue weighted by atomic mass is 9.82. The standard InChI is InChI=1S/C20H21N3O5S/c1-20(2)8-14(24)16(17(27)21-10-15(25)26)19(28)23(20)11-13-9-22-18(29-13)12-6-4-3-5-7-12/h3-7,9,16H,8,10-11H2,1-2H3,(H,21,27)(H,25,26). The van der Waals surface area contributed by atoms with Gasteiger partial charge in [-0.25, -0.2) is 4.98 Å². The Morgan fingerprint density at radius 2 is 1.97 bits per heavy atom. The third kappa shape index (κ3) is 4.51. The number of amides is 2. The summed E-state index contributed by atoms with van der Waals surface area (Å²) in [7, 11) is 0. The molecule has 9 heteroatoms. The molecule has 2 aromatic rings. The number of aromatic nitrogens is 1. The van der Waals surface area contributed by atoms with Crippen LogP contribution in [0, 0.1) is 5.92 Å². The molecular weight excluding hydrogens is 394 g/mol. The van der Waals surface area contributed by atoms with Gasteiger partial charge in [-0.15, -0.1) is 11.3 Å². The number of nitrogens with one attached hydrogen (secondary N) is 1. The van der Waals surface area contributed by atoms with Gasteiger partial charge in [0.05, 0.1) is 6.54 Å².